The molecule has 1 aromatic heterocycles. The molecule has 2 unspecified atom stereocenters. The molecule has 13 heteroatoms. The number of aliphatic imine (C=N–C) groups is 1. The number of carbonyl (C=O) groups is 2. The average Bonchev–Trinajstić information content (AvgIpc) is 3.41. The van der Waals surface area contributed by atoms with Gasteiger partial charge in [-0.3, -0.25) is 9.89 Å². The van der Waals surface area contributed by atoms with Gasteiger partial charge in [-0.1, -0.05) is 17.7 Å². The largest absolute Gasteiger partial charge is 0.466 e. The topological polar surface area (TPSA) is 106 Å². The van der Waals surface area contributed by atoms with E-state index < -0.39 is 23.4 Å². The number of aromatic nitrogens is 1. The smallest absolute Gasteiger partial charge is 0.410 e. The number of amides is 1. The van der Waals surface area contributed by atoms with Gasteiger partial charge >= 0.3 is 12.1 Å². The first kappa shape index (κ1) is 28.5. The molecular weight excluding hydrogens is 561 g/mol. The molecule has 2 saturated heterocycles. The van der Waals surface area contributed by atoms with Crippen LogP contribution in [0.25, 0.3) is 0 Å². The molecule has 0 aliphatic carbocycles. The number of hydrogen-bond donors (Lipinski definition) is 1. The van der Waals surface area contributed by atoms with E-state index in [9.17, 15) is 14.0 Å². The van der Waals surface area contributed by atoms with Gasteiger partial charge in [0.1, 0.15) is 17.5 Å². The molecule has 5 rings (SSSR count). The monoisotopic (exact) mass is 591 g/mol. The van der Waals surface area contributed by atoms with Crippen LogP contribution in [0.1, 0.15) is 37.4 Å². The molecule has 1 amide bonds. The van der Waals surface area contributed by atoms with Crippen LogP contribution in [0.4, 0.5) is 9.18 Å². The van der Waals surface area contributed by atoms with Gasteiger partial charge in [0, 0.05) is 47.5 Å². The summed E-state index contributed by atoms with van der Waals surface area (Å²) >= 11 is 7.84. The second kappa shape index (κ2) is 11.4. The Kier molecular flexibility index (Phi) is 8.14. The summed E-state index contributed by atoms with van der Waals surface area (Å²) < 4.78 is 30.8. The summed E-state index contributed by atoms with van der Waals surface area (Å²) in [5.74, 6) is -0.581. The summed E-state index contributed by atoms with van der Waals surface area (Å²) in [6.07, 6.45) is 0.871. The number of methoxy groups -OCH3 is 1. The highest BCUT2D eigenvalue weighted by Crippen LogP contribution is 2.37. The van der Waals surface area contributed by atoms with E-state index in [1.807, 2.05) is 26.2 Å². The van der Waals surface area contributed by atoms with Crippen molar-refractivity contribution in [1.29, 1.82) is 0 Å². The predicted octanol–water partition coefficient (Wildman–Crippen LogP) is 3.77. The first-order chi connectivity index (χ1) is 19.0. The van der Waals surface area contributed by atoms with Crippen LogP contribution in [0.15, 0.2) is 46.0 Å². The van der Waals surface area contributed by atoms with Crippen LogP contribution in [-0.2, 0) is 19.0 Å². The quantitative estimate of drug-likeness (QED) is 0.524. The first-order valence-electron chi connectivity index (χ1n) is 12.9. The molecule has 0 radical (unpaired) electrons. The van der Waals surface area contributed by atoms with Gasteiger partial charge in [0.15, 0.2) is 10.8 Å². The minimum absolute atomic E-state index is 0.151. The summed E-state index contributed by atoms with van der Waals surface area (Å²) in [5.41, 5.74) is 0.758. The van der Waals surface area contributed by atoms with Crippen LogP contribution in [0.2, 0.25) is 5.02 Å². The number of rotatable bonds is 5. The van der Waals surface area contributed by atoms with E-state index in [1.54, 1.807) is 11.1 Å². The zero-order chi connectivity index (χ0) is 28.6. The zero-order valence-corrected chi connectivity index (χ0v) is 24.2. The lowest BCUT2D eigenvalue weighted by Crippen LogP contribution is -2.61. The van der Waals surface area contributed by atoms with Crippen molar-refractivity contribution in [1.82, 2.24) is 20.1 Å². The molecule has 40 heavy (non-hydrogen) atoms. The van der Waals surface area contributed by atoms with Gasteiger partial charge in [-0.15, -0.1) is 11.3 Å². The summed E-state index contributed by atoms with van der Waals surface area (Å²) in [7, 11) is 1.31. The van der Waals surface area contributed by atoms with Crippen molar-refractivity contribution in [2.24, 2.45) is 4.99 Å². The molecule has 3 atom stereocenters. The van der Waals surface area contributed by atoms with E-state index in [0.29, 0.717) is 54.8 Å². The molecule has 2 aromatic rings. The second-order valence-corrected chi connectivity index (χ2v) is 12.2. The fraction of sp³-hybridized carbons (Fsp3) is 0.481. The van der Waals surface area contributed by atoms with Crippen molar-refractivity contribution in [2.45, 2.75) is 44.6 Å². The van der Waals surface area contributed by atoms with Crippen LogP contribution < -0.4 is 5.32 Å². The second-order valence-electron chi connectivity index (χ2n) is 10.9. The number of hydrogen-bond acceptors (Lipinski definition) is 10. The van der Waals surface area contributed by atoms with Crippen molar-refractivity contribution in [3.05, 3.63) is 62.5 Å². The van der Waals surface area contributed by atoms with Gasteiger partial charge in [0.25, 0.3) is 0 Å². The SMILES string of the molecule is COC(=O)C1=C(CN2CC3CN(C(=O)OC(C)(C)C)CC(C2)O3)NC(c2nccs2)=N[C@H]1c1ccc(F)cc1Cl. The molecule has 10 nitrogen and oxygen atoms in total. The Hall–Kier alpha value is -3.06. The normalized spacial score (nSPS) is 23.4. The van der Waals surface area contributed by atoms with E-state index in [-0.39, 0.29) is 28.9 Å². The lowest BCUT2D eigenvalue weighted by atomic mass is 9.95. The summed E-state index contributed by atoms with van der Waals surface area (Å²) in [6.45, 7) is 7.74. The van der Waals surface area contributed by atoms with Gasteiger partial charge in [0.2, 0.25) is 0 Å². The highest BCUT2D eigenvalue weighted by Gasteiger charge is 2.40. The molecule has 4 heterocycles. The Morgan fingerprint density at radius 1 is 1.23 bits per heavy atom. The number of benzene rings is 1. The van der Waals surface area contributed by atoms with Crippen LogP contribution in [0.3, 0.4) is 0 Å². The van der Waals surface area contributed by atoms with Crippen molar-refractivity contribution in [3.8, 4) is 0 Å². The Morgan fingerprint density at radius 3 is 2.55 bits per heavy atom. The fourth-order valence-electron chi connectivity index (χ4n) is 5.07. The molecule has 2 fully saturated rings. The van der Waals surface area contributed by atoms with Crippen LogP contribution in [-0.4, -0.2) is 90.3 Å². The third kappa shape index (κ3) is 6.30. The van der Waals surface area contributed by atoms with Crippen molar-refractivity contribution in [3.63, 3.8) is 0 Å². The van der Waals surface area contributed by atoms with E-state index in [2.05, 4.69) is 15.2 Å². The minimum atomic E-state index is -0.834. The lowest BCUT2D eigenvalue weighted by molar-refractivity contribution is -0.137. The van der Waals surface area contributed by atoms with Crippen molar-refractivity contribution >= 4 is 40.8 Å². The zero-order valence-electron chi connectivity index (χ0n) is 22.6. The van der Waals surface area contributed by atoms with Crippen molar-refractivity contribution in [2.75, 3.05) is 39.8 Å². The van der Waals surface area contributed by atoms with Gasteiger partial charge in [-0.2, -0.15) is 0 Å². The molecule has 3 aliphatic rings. The third-order valence-corrected chi connectivity index (χ3v) is 7.72. The highest BCUT2D eigenvalue weighted by atomic mass is 35.5. The van der Waals surface area contributed by atoms with Gasteiger partial charge in [-0.25, -0.2) is 19.0 Å². The number of amidine groups is 1. The maximum Gasteiger partial charge on any atom is 0.410 e. The molecule has 3 aliphatic heterocycles. The van der Waals surface area contributed by atoms with Crippen LogP contribution in [0, 0.1) is 5.82 Å². The van der Waals surface area contributed by atoms with E-state index in [0.717, 1.165) is 0 Å². The molecule has 1 N–H and O–H groups in total. The highest BCUT2D eigenvalue weighted by molar-refractivity contribution is 7.11. The maximum absolute atomic E-state index is 13.9. The van der Waals surface area contributed by atoms with Crippen molar-refractivity contribution < 1.29 is 28.2 Å². The fourth-order valence-corrected chi connectivity index (χ4v) is 5.93. The Bertz CT molecular complexity index is 1330. The molecule has 214 valence electrons. The Morgan fingerprint density at radius 2 is 1.95 bits per heavy atom. The van der Waals surface area contributed by atoms with E-state index in [4.69, 9.17) is 30.8 Å². The average molecular weight is 592 g/mol. The molecule has 1 aromatic carbocycles. The van der Waals surface area contributed by atoms with Crippen LogP contribution >= 0.6 is 22.9 Å². The number of halogens is 2. The van der Waals surface area contributed by atoms with Gasteiger partial charge in [-0.05, 0) is 32.9 Å². The molecule has 0 saturated carbocycles. The molecule has 2 bridgehead atoms. The molecule has 0 spiro atoms. The number of esters is 1. The number of nitrogens with one attached hydrogen (secondary N) is 1. The number of thiazole rings is 1. The van der Waals surface area contributed by atoms with Gasteiger partial charge < -0.3 is 24.4 Å². The van der Waals surface area contributed by atoms with E-state index >= 15 is 0 Å². The minimum Gasteiger partial charge on any atom is -0.466 e. The number of ether oxygens (including phenoxy) is 3. The predicted molar refractivity (Wildman–Crippen MR) is 148 cm³/mol. The number of carbonyl (C=O) groups excluding carboxylic acids is 2. The van der Waals surface area contributed by atoms with Gasteiger partial charge in [0.05, 0.1) is 38.0 Å². The number of fused-ring (bicyclic) bond motifs is 2. The standard InChI is InChI=1S/C27H31ClFN5O5S/c1-27(2,3)39-26(36)34-12-16-10-33(11-17(13-34)38-16)14-20-21(25(35)37-4)22(18-6-5-15(29)9-19(18)28)32-23(31-20)24-30-7-8-40-24/h5-9,16-17,22H,10-14H2,1-4H3,(H,31,32)/t16?,17?,22-/m0/s1. The lowest BCUT2D eigenvalue weighted by Gasteiger charge is -2.46. The number of morpholine rings is 2. The maximum atomic E-state index is 13.9. The Labute approximate surface area is 240 Å². The number of nitrogens with zero attached hydrogens (tertiary/aromatic N) is 4. The summed E-state index contributed by atoms with van der Waals surface area (Å²) in [4.78, 5) is 38.9. The van der Waals surface area contributed by atoms with E-state index in [1.165, 1.54) is 36.6 Å². The summed E-state index contributed by atoms with van der Waals surface area (Å²) in [6, 6.07) is 3.18. The molecular formula is C27H31ClFN5O5S. The third-order valence-electron chi connectivity index (χ3n) is 6.61. The Balaban J connectivity index is 1.43. The van der Waals surface area contributed by atoms with Crippen LogP contribution in [0.5, 0.6) is 0 Å². The first-order valence-corrected chi connectivity index (χ1v) is 14.1. The summed E-state index contributed by atoms with van der Waals surface area (Å²) in [5, 5.41) is 5.93.